The molecule has 9 heteroatoms. The molecule has 0 radical (unpaired) electrons. The summed E-state index contributed by atoms with van der Waals surface area (Å²) in [6, 6.07) is 2.25. The first-order valence-electron chi connectivity index (χ1n) is 4.97. The van der Waals surface area contributed by atoms with E-state index in [0.717, 1.165) is 18.3 Å². The number of carboxylic acids is 1. The van der Waals surface area contributed by atoms with Crippen LogP contribution in [-0.4, -0.2) is 34.4 Å². The van der Waals surface area contributed by atoms with Crippen LogP contribution in [0.2, 0.25) is 0 Å². The molecule has 0 saturated heterocycles. The van der Waals surface area contributed by atoms with Crippen LogP contribution in [0.25, 0.3) is 0 Å². The van der Waals surface area contributed by atoms with E-state index in [-0.39, 0.29) is 16.4 Å². The van der Waals surface area contributed by atoms with E-state index < -0.39 is 16.0 Å². The number of nitrogens with one attached hydrogen (secondary N) is 1. The van der Waals surface area contributed by atoms with E-state index in [2.05, 4.69) is 19.7 Å². The molecule has 0 bridgehead atoms. The Morgan fingerprint density at radius 1 is 1.16 bits per heavy atom. The first-order chi connectivity index (χ1) is 8.99. The minimum atomic E-state index is -3.91. The molecule has 8 nitrogen and oxygen atoms in total. The molecule has 2 rings (SSSR count). The molecule has 2 N–H and O–H groups in total. The highest BCUT2D eigenvalue weighted by Gasteiger charge is 2.17. The second-order valence-electron chi connectivity index (χ2n) is 3.39. The van der Waals surface area contributed by atoms with Gasteiger partial charge in [-0.1, -0.05) is 0 Å². The predicted molar refractivity (Wildman–Crippen MR) is 64.0 cm³/mol. The molecule has 0 saturated carbocycles. The Kier molecular flexibility index (Phi) is 3.38. The highest BCUT2D eigenvalue weighted by atomic mass is 32.2. The quantitative estimate of drug-likeness (QED) is 0.829. The summed E-state index contributed by atoms with van der Waals surface area (Å²) < 4.78 is 26.0. The molecule has 0 aliphatic heterocycles. The molecule has 2 aromatic heterocycles. The SMILES string of the molecule is O=C(O)c1ccc(S(=O)(=O)Nc2cnccn2)nc1. The van der Waals surface area contributed by atoms with Gasteiger partial charge in [0.15, 0.2) is 10.8 Å². The largest absolute Gasteiger partial charge is 0.478 e. The van der Waals surface area contributed by atoms with E-state index in [9.17, 15) is 13.2 Å². The summed E-state index contributed by atoms with van der Waals surface area (Å²) in [6.45, 7) is 0. The number of carboxylic acid groups (broad SMARTS) is 1. The number of hydrogen-bond acceptors (Lipinski definition) is 6. The molecule has 0 spiro atoms. The summed E-state index contributed by atoms with van der Waals surface area (Å²) >= 11 is 0. The van der Waals surface area contributed by atoms with Crippen molar-refractivity contribution < 1.29 is 18.3 Å². The van der Waals surface area contributed by atoms with Crippen molar-refractivity contribution in [3.05, 3.63) is 42.5 Å². The maximum absolute atomic E-state index is 11.9. The van der Waals surface area contributed by atoms with E-state index in [1.165, 1.54) is 18.6 Å². The average molecular weight is 280 g/mol. The molecule has 0 amide bonds. The standard InChI is InChI=1S/C10H8N4O4S/c15-10(16)7-1-2-9(13-5-7)19(17,18)14-8-6-11-3-4-12-8/h1-6H,(H,12,14)(H,15,16). The summed E-state index contributed by atoms with van der Waals surface area (Å²) in [5.74, 6) is -1.13. The fraction of sp³-hybridized carbons (Fsp3) is 0. The second-order valence-corrected chi connectivity index (χ2v) is 5.02. The number of pyridine rings is 1. The molecule has 2 heterocycles. The van der Waals surface area contributed by atoms with Crippen LogP contribution in [0.15, 0.2) is 41.9 Å². The number of hydrogen-bond donors (Lipinski definition) is 2. The topological polar surface area (TPSA) is 122 Å². The Morgan fingerprint density at radius 2 is 1.95 bits per heavy atom. The van der Waals surface area contributed by atoms with Crippen molar-refractivity contribution in [2.75, 3.05) is 4.72 Å². The first kappa shape index (κ1) is 12.9. The van der Waals surface area contributed by atoms with Gasteiger partial charge in [-0.3, -0.25) is 9.71 Å². The zero-order valence-corrected chi connectivity index (χ0v) is 10.2. The van der Waals surface area contributed by atoms with E-state index in [0.29, 0.717) is 0 Å². The van der Waals surface area contributed by atoms with Crippen LogP contribution in [-0.2, 0) is 10.0 Å². The van der Waals surface area contributed by atoms with Crippen molar-refractivity contribution in [1.29, 1.82) is 0 Å². The van der Waals surface area contributed by atoms with Gasteiger partial charge in [0.1, 0.15) is 0 Å². The minimum absolute atomic E-state index is 0.0478. The Bertz CT molecular complexity index is 685. The Morgan fingerprint density at radius 3 is 2.47 bits per heavy atom. The molecule has 98 valence electrons. The first-order valence-corrected chi connectivity index (χ1v) is 6.45. The maximum atomic E-state index is 11.9. The van der Waals surface area contributed by atoms with Gasteiger partial charge in [0.25, 0.3) is 10.0 Å². The lowest BCUT2D eigenvalue weighted by atomic mass is 10.3. The number of nitrogens with zero attached hydrogens (tertiary/aromatic N) is 3. The Labute approximate surface area is 108 Å². The fourth-order valence-electron chi connectivity index (χ4n) is 1.21. The highest BCUT2D eigenvalue weighted by molar-refractivity contribution is 7.92. The van der Waals surface area contributed by atoms with Crippen molar-refractivity contribution in [2.45, 2.75) is 5.03 Å². The molecule has 0 unspecified atom stereocenters. The lowest BCUT2D eigenvalue weighted by Crippen LogP contribution is -2.15. The van der Waals surface area contributed by atoms with Gasteiger partial charge in [0.05, 0.1) is 11.8 Å². The van der Waals surface area contributed by atoms with Gasteiger partial charge < -0.3 is 5.11 Å². The lowest BCUT2D eigenvalue weighted by molar-refractivity contribution is 0.0696. The smallest absolute Gasteiger partial charge is 0.337 e. The van der Waals surface area contributed by atoms with Crippen molar-refractivity contribution in [3.63, 3.8) is 0 Å². The summed E-state index contributed by atoms with van der Waals surface area (Å²) in [5, 5.41) is 8.39. The zero-order valence-electron chi connectivity index (χ0n) is 9.39. The van der Waals surface area contributed by atoms with Crippen LogP contribution in [0.3, 0.4) is 0 Å². The van der Waals surface area contributed by atoms with Gasteiger partial charge in [-0.2, -0.15) is 8.42 Å². The third kappa shape index (κ3) is 3.01. The van der Waals surface area contributed by atoms with Crippen molar-refractivity contribution in [3.8, 4) is 0 Å². The monoisotopic (exact) mass is 280 g/mol. The molecular weight excluding hydrogens is 272 g/mol. The van der Waals surface area contributed by atoms with Gasteiger partial charge >= 0.3 is 5.97 Å². The highest BCUT2D eigenvalue weighted by Crippen LogP contribution is 2.11. The number of anilines is 1. The summed E-state index contributed by atoms with van der Waals surface area (Å²) in [4.78, 5) is 21.7. The Balaban J connectivity index is 2.27. The predicted octanol–water partition coefficient (Wildman–Crippen LogP) is 0.371. The molecule has 0 aliphatic carbocycles. The number of aromatic carboxylic acids is 1. The summed E-state index contributed by atoms with van der Waals surface area (Å²) in [6.07, 6.45) is 4.94. The van der Waals surface area contributed by atoms with Crippen LogP contribution in [0.4, 0.5) is 5.82 Å². The van der Waals surface area contributed by atoms with Gasteiger partial charge in [-0.15, -0.1) is 0 Å². The van der Waals surface area contributed by atoms with Gasteiger partial charge in [0, 0.05) is 18.6 Å². The van der Waals surface area contributed by atoms with Crippen LogP contribution in [0.5, 0.6) is 0 Å². The summed E-state index contributed by atoms with van der Waals surface area (Å²) in [7, 11) is -3.91. The van der Waals surface area contributed by atoms with E-state index in [4.69, 9.17) is 5.11 Å². The number of aromatic nitrogens is 3. The van der Waals surface area contributed by atoms with E-state index >= 15 is 0 Å². The average Bonchev–Trinajstić information content (AvgIpc) is 2.39. The van der Waals surface area contributed by atoms with E-state index in [1.807, 2.05) is 0 Å². The number of carbonyl (C=O) groups is 1. The van der Waals surface area contributed by atoms with Crippen molar-refractivity contribution in [1.82, 2.24) is 15.0 Å². The van der Waals surface area contributed by atoms with Crippen molar-refractivity contribution in [2.24, 2.45) is 0 Å². The third-order valence-corrected chi connectivity index (χ3v) is 3.33. The second kappa shape index (κ2) is 4.98. The maximum Gasteiger partial charge on any atom is 0.337 e. The molecule has 19 heavy (non-hydrogen) atoms. The van der Waals surface area contributed by atoms with Crippen LogP contribution < -0.4 is 4.72 Å². The van der Waals surface area contributed by atoms with Gasteiger partial charge in [-0.05, 0) is 12.1 Å². The number of sulfonamides is 1. The number of rotatable bonds is 4. The van der Waals surface area contributed by atoms with E-state index in [1.54, 1.807) is 0 Å². The van der Waals surface area contributed by atoms with Crippen LogP contribution in [0, 0.1) is 0 Å². The minimum Gasteiger partial charge on any atom is -0.478 e. The fourth-order valence-corrected chi connectivity index (χ4v) is 2.13. The van der Waals surface area contributed by atoms with Gasteiger partial charge in [0.2, 0.25) is 0 Å². The molecular formula is C10H8N4O4S. The molecule has 2 aromatic rings. The van der Waals surface area contributed by atoms with Gasteiger partial charge in [-0.25, -0.2) is 14.8 Å². The Hall–Kier alpha value is -2.55. The normalized spacial score (nSPS) is 10.9. The lowest BCUT2D eigenvalue weighted by Gasteiger charge is -2.05. The summed E-state index contributed by atoms with van der Waals surface area (Å²) in [5.41, 5.74) is -0.0987. The third-order valence-electron chi connectivity index (χ3n) is 2.06. The zero-order chi connectivity index (χ0) is 13.9. The molecule has 0 aliphatic rings. The molecule has 0 atom stereocenters. The molecule has 0 fully saturated rings. The molecule has 0 aromatic carbocycles. The van der Waals surface area contributed by atoms with Crippen LogP contribution >= 0.6 is 0 Å². The van der Waals surface area contributed by atoms with Crippen molar-refractivity contribution >= 4 is 21.8 Å². The van der Waals surface area contributed by atoms with Crippen LogP contribution in [0.1, 0.15) is 10.4 Å².